The molecule has 154 valence electrons. The summed E-state index contributed by atoms with van der Waals surface area (Å²) in [6.07, 6.45) is 3.47. The third-order valence-corrected chi connectivity index (χ3v) is 6.26. The smallest absolute Gasteiger partial charge is 0.264 e. The van der Waals surface area contributed by atoms with E-state index in [0.29, 0.717) is 6.61 Å². The van der Waals surface area contributed by atoms with Gasteiger partial charge in [0.15, 0.2) is 0 Å². The summed E-state index contributed by atoms with van der Waals surface area (Å²) in [6, 6.07) is 4.58. The Balaban J connectivity index is 0.00000280. The molecule has 0 unspecified atom stereocenters. The van der Waals surface area contributed by atoms with Gasteiger partial charge in [0.25, 0.3) is 15.9 Å². The van der Waals surface area contributed by atoms with Gasteiger partial charge in [-0.25, -0.2) is 13.4 Å². The molecule has 1 saturated heterocycles. The predicted octanol–water partition coefficient (Wildman–Crippen LogP) is 3.15. The van der Waals surface area contributed by atoms with Crippen LogP contribution in [0.1, 0.15) is 12.8 Å². The van der Waals surface area contributed by atoms with Crippen LogP contribution in [0.2, 0.25) is 10.0 Å². The maximum atomic E-state index is 12.6. The molecule has 1 aromatic carbocycles. The van der Waals surface area contributed by atoms with Crippen molar-refractivity contribution < 1.29 is 17.9 Å². The molecule has 0 amide bonds. The molecule has 0 saturated carbocycles. The van der Waals surface area contributed by atoms with Gasteiger partial charge in [-0.3, -0.25) is 4.72 Å². The summed E-state index contributed by atoms with van der Waals surface area (Å²) < 4.78 is 38.3. The molecule has 1 fully saturated rings. The van der Waals surface area contributed by atoms with E-state index in [1.54, 1.807) is 0 Å². The number of ether oxygens (including phenoxy) is 2. The Hall–Kier alpha value is -1.52. The number of hydrogen-bond donors (Lipinski definition) is 2. The molecule has 12 heteroatoms. The van der Waals surface area contributed by atoms with Crippen molar-refractivity contribution >= 4 is 51.5 Å². The zero-order chi connectivity index (χ0) is 19.4. The Morgan fingerprint density at radius 2 is 2.14 bits per heavy atom. The van der Waals surface area contributed by atoms with E-state index in [0.717, 1.165) is 19.4 Å². The minimum Gasteiger partial charge on any atom is -0.478 e. The first-order valence-electron chi connectivity index (χ1n) is 8.15. The van der Waals surface area contributed by atoms with E-state index in [1.165, 1.54) is 31.5 Å². The molecule has 1 aromatic heterocycles. The number of nitrogens with zero attached hydrogens (tertiary/aromatic N) is 2. The van der Waals surface area contributed by atoms with Crippen molar-refractivity contribution in [2.45, 2.75) is 23.8 Å². The van der Waals surface area contributed by atoms with Crippen LogP contribution in [0.3, 0.4) is 0 Å². The third-order valence-electron chi connectivity index (χ3n) is 3.94. The molecule has 2 N–H and O–H groups in total. The average Bonchev–Trinajstić information content (AvgIpc) is 3.16. The second-order valence-corrected chi connectivity index (χ2v) is 8.26. The van der Waals surface area contributed by atoms with Crippen LogP contribution in [-0.4, -0.2) is 44.7 Å². The van der Waals surface area contributed by atoms with E-state index in [-0.39, 0.29) is 51.0 Å². The van der Waals surface area contributed by atoms with Gasteiger partial charge >= 0.3 is 0 Å². The van der Waals surface area contributed by atoms with E-state index < -0.39 is 10.0 Å². The molecule has 0 bridgehead atoms. The largest absolute Gasteiger partial charge is 0.478 e. The van der Waals surface area contributed by atoms with E-state index in [9.17, 15) is 8.42 Å². The standard InChI is InChI=1S/C16H18Cl2N4O4S.ClH/c1-25-16-15(20-8-13(21-16)26-9-10-4-3-7-19-10)22-27(23,24)12-6-2-5-11(17)14(12)18;/h2,5-6,8,10,19H,3-4,7,9H2,1H3,(H,20,22);1H/t10-;/m0./s1. The summed E-state index contributed by atoms with van der Waals surface area (Å²) in [4.78, 5) is 8.03. The van der Waals surface area contributed by atoms with Gasteiger partial charge in [-0.2, -0.15) is 4.98 Å². The molecule has 1 atom stereocenters. The molecule has 0 spiro atoms. The van der Waals surface area contributed by atoms with Crippen molar-refractivity contribution in [3.63, 3.8) is 0 Å². The maximum absolute atomic E-state index is 12.6. The van der Waals surface area contributed by atoms with E-state index in [1.807, 2.05) is 0 Å². The lowest BCUT2D eigenvalue weighted by molar-refractivity contribution is 0.262. The molecule has 2 aromatic rings. The summed E-state index contributed by atoms with van der Waals surface area (Å²) in [6.45, 7) is 1.41. The average molecular weight is 470 g/mol. The topological polar surface area (TPSA) is 102 Å². The van der Waals surface area contributed by atoms with Crippen LogP contribution < -0.4 is 19.5 Å². The molecule has 1 aliphatic rings. The second kappa shape index (κ2) is 9.80. The zero-order valence-corrected chi connectivity index (χ0v) is 18.0. The lowest BCUT2D eigenvalue weighted by Crippen LogP contribution is -2.28. The molecule has 3 rings (SSSR count). The Bertz CT molecular complexity index is 924. The maximum Gasteiger partial charge on any atom is 0.264 e. The van der Waals surface area contributed by atoms with Gasteiger partial charge in [0.2, 0.25) is 11.7 Å². The van der Waals surface area contributed by atoms with Gasteiger partial charge in [0, 0.05) is 6.04 Å². The van der Waals surface area contributed by atoms with Crippen LogP contribution in [0.4, 0.5) is 5.82 Å². The molecule has 28 heavy (non-hydrogen) atoms. The fraction of sp³-hybridized carbons (Fsp3) is 0.375. The Labute approximate surface area is 179 Å². The van der Waals surface area contributed by atoms with Crippen molar-refractivity contribution in [3.05, 3.63) is 34.4 Å². The number of hydrogen-bond acceptors (Lipinski definition) is 7. The quantitative estimate of drug-likeness (QED) is 0.642. The molecular weight excluding hydrogens is 451 g/mol. The highest BCUT2D eigenvalue weighted by atomic mass is 35.5. The van der Waals surface area contributed by atoms with Crippen LogP contribution in [-0.2, 0) is 10.0 Å². The molecule has 8 nitrogen and oxygen atoms in total. The Morgan fingerprint density at radius 3 is 2.82 bits per heavy atom. The number of halogens is 3. The fourth-order valence-corrected chi connectivity index (χ4v) is 4.37. The van der Waals surface area contributed by atoms with Crippen molar-refractivity contribution in [2.75, 3.05) is 25.0 Å². The summed E-state index contributed by atoms with van der Waals surface area (Å²) >= 11 is 11.9. The number of nitrogens with one attached hydrogen (secondary N) is 2. The fourth-order valence-electron chi connectivity index (χ4n) is 2.60. The lowest BCUT2D eigenvalue weighted by Gasteiger charge is -2.14. The molecular formula is C16H19Cl3N4O4S. The summed E-state index contributed by atoms with van der Waals surface area (Å²) in [5.41, 5.74) is 0. The second-order valence-electron chi connectivity index (χ2n) is 5.83. The number of sulfonamides is 1. The van der Waals surface area contributed by atoms with Crippen molar-refractivity contribution in [1.29, 1.82) is 0 Å². The molecule has 0 radical (unpaired) electrons. The number of methoxy groups -OCH3 is 1. The lowest BCUT2D eigenvalue weighted by atomic mass is 10.2. The van der Waals surface area contributed by atoms with Crippen LogP contribution in [0.25, 0.3) is 0 Å². The third kappa shape index (κ3) is 5.30. The van der Waals surface area contributed by atoms with Crippen LogP contribution in [0.15, 0.2) is 29.3 Å². The number of benzene rings is 1. The van der Waals surface area contributed by atoms with Crippen LogP contribution >= 0.6 is 35.6 Å². The van der Waals surface area contributed by atoms with Gasteiger partial charge in [-0.1, -0.05) is 29.3 Å². The number of aromatic nitrogens is 2. The highest BCUT2D eigenvalue weighted by Gasteiger charge is 2.23. The molecule has 2 heterocycles. The van der Waals surface area contributed by atoms with Gasteiger partial charge in [0.1, 0.15) is 11.5 Å². The van der Waals surface area contributed by atoms with E-state index >= 15 is 0 Å². The van der Waals surface area contributed by atoms with E-state index in [2.05, 4.69) is 20.0 Å². The number of anilines is 1. The first-order chi connectivity index (χ1) is 12.9. The predicted molar refractivity (Wildman–Crippen MR) is 110 cm³/mol. The minimum atomic E-state index is -4.04. The molecule has 1 aliphatic heterocycles. The van der Waals surface area contributed by atoms with Crippen molar-refractivity contribution in [1.82, 2.24) is 15.3 Å². The first kappa shape index (κ1) is 22.8. The Kier molecular flexibility index (Phi) is 7.97. The van der Waals surface area contributed by atoms with E-state index in [4.69, 9.17) is 32.7 Å². The molecule has 0 aliphatic carbocycles. The summed E-state index contributed by atoms with van der Waals surface area (Å²) in [7, 11) is -2.68. The normalized spacial score (nSPS) is 16.3. The van der Waals surface area contributed by atoms with Crippen molar-refractivity contribution in [2.24, 2.45) is 0 Å². The van der Waals surface area contributed by atoms with Gasteiger partial charge in [-0.05, 0) is 31.5 Å². The van der Waals surface area contributed by atoms with Gasteiger partial charge in [0.05, 0.1) is 23.4 Å². The monoisotopic (exact) mass is 468 g/mol. The highest BCUT2D eigenvalue weighted by molar-refractivity contribution is 7.92. The van der Waals surface area contributed by atoms with Crippen molar-refractivity contribution in [3.8, 4) is 11.8 Å². The highest BCUT2D eigenvalue weighted by Crippen LogP contribution is 2.31. The number of rotatable bonds is 7. The van der Waals surface area contributed by atoms with Crippen LogP contribution in [0.5, 0.6) is 11.8 Å². The Morgan fingerprint density at radius 1 is 1.36 bits per heavy atom. The summed E-state index contributed by atoms with van der Waals surface area (Å²) in [5.74, 6) is 0.137. The van der Waals surface area contributed by atoms with Gasteiger partial charge < -0.3 is 14.8 Å². The summed E-state index contributed by atoms with van der Waals surface area (Å²) in [5, 5.41) is 3.35. The minimum absolute atomic E-state index is 0. The zero-order valence-electron chi connectivity index (χ0n) is 14.8. The first-order valence-corrected chi connectivity index (χ1v) is 10.4. The van der Waals surface area contributed by atoms with Gasteiger partial charge in [-0.15, -0.1) is 12.4 Å². The van der Waals surface area contributed by atoms with Crippen LogP contribution in [0, 0.1) is 0 Å². The SMILES string of the molecule is COc1nc(OC[C@@H]2CCCN2)cnc1NS(=O)(=O)c1cccc(Cl)c1Cl.Cl.